The van der Waals surface area contributed by atoms with E-state index >= 15 is 0 Å². The molecule has 1 N–H and O–H groups in total. The minimum Gasteiger partial charge on any atom is -0.372 e. The van der Waals surface area contributed by atoms with Crippen molar-refractivity contribution in [1.29, 1.82) is 0 Å². The molecule has 0 radical (unpaired) electrons. The van der Waals surface area contributed by atoms with Crippen LogP contribution >= 0.6 is 0 Å². The third kappa shape index (κ3) is 4.74. The van der Waals surface area contributed by atoms with E-state index in [1.807, 2.05) is 0 Å². The van der Waals surface area contributed by atoms with Gasteiger partial charge in [0.05, 0.1) is 0 Å². The van der Waals surface area contributed by atoms with Gasteiger partial charge in [0, 0.05) is 24.8 Å². The van der Waals surface area contributed by atoms with Crippen molar-refractivity contribution < 1.29 is 0 Å². The topological polar surface area (TPSA) is 15.3 Å². The van der Waals surface area contributed by atoms with Gasteiger partial charge in [-0.05, 0) is 62.3 Å². The first kappa shape index (κ1) is 16.4. The normalized spacial score (nSPS) is 21.1. The van der Waals surface area contributed by atoms with Gasteiger partial charge in [-0.15, -0.1) is 0 Å². The van der Waals surface area contributed by atoms with Crippen molar-refractivity contribution in [3.8, 4) is 0 Å². The molecular formula is C19H32N2. The zero-order chi connectivity index (χ0) is 15.1. The molecule has 0 bridgehead atoms. The molecule has 1 aromatic carbocycles. The monoisotopic (exact) mass is 288 g/mol. The summed E-state index contributed by atoms with van der Waals surface area (Å²) in [7, 11) is 0. The van der Waals surface area contributed by atoms with Gasteiger partial charge in [0.25, 0.3) is 0 Å². The summed E-state index contributed by atoms with van der Waals surface area (Å²) in [6.45, 7) is 10.4. The van der Waals surface area contributed by atoms with Crippen molar-refractivity contribution in [2.24, 2.45) is 5.92 Å². The van der Waals surface area contributed by atoms with Crippen molar-refractivity contribution >= 4 is 5.69 Å². The van der Waals surface area contributed by atoms with E-state index in [1.165, 1.54) is 50.0 Å². The molecule has 2 heteroatoms. The maximum atomic E-state index is 3.64. The van der Waals surface area contributed by atoms with Crippen LogP contribution in [-0.2, 0) is 0 Å². The van der Waals surface area contributed by atoms with E-state index < -0.39 is 0 Å². The van der Waals surface area contributed by atoms with Crippen LogP contribution in [0.25, 0.3) is 0 Å². The lowest BCUT2D eigenvalue weighted by Crippen LogP contribution is -2.24. The van der Waals surface area contributed by atoms with Crippen LogP contribution in [0.5, 0.6) is 0 Å². The number of nitrogens with zero attached hydrogens (tertiary/aromatic N) is 1. The fraction of sp³-hybridized carbons (Fsp3) is 0.684. The first-order chi connectivity index (χ1) is 10.2. The van der Waals surface area contributed by atoms with Crippen LogP contribution in [0.1, 0.15) is 64.5 Å². The average Bonchev–Trinajstić information content (AvgIpc) is 2.73. The second-order valence-electron chi connectivity index (χ2n) is 6.53. The lowest BCUT2D eigenvalue weighted by Gasteiger charge is -2.24. The molecule has 1 saturated heterocycles. The van der Waals surface area contributed by atoms with Gasteiger partial charge in [-0.2, -0.15) is 0 Å². The fourth-order valence-electron chi connectivity index (χ4n) is 3.26. The number of anilines is 1. The number of benzene rings is 1. The first-order valence-corrected chi connectivity index (χ1v) is 8.82. The lowest BCUT2D eigenvalue weighted by atomic mass is 10.0. The number of nitrogens with one attached hydrogen (secondary N) is 1. The molecular weight excluding hydrogens is 256 g/mol. The Balaban J connectivity index is 2.00. The van der Waals surface area contributed by atoms with Crippen molar-refractivity contribution in [2.45, 2.75) is 58.9 Å². The quantitative estimate of drug-likeness (QED) is 0.811. The Kier molecular flexibility index (Phi) is 6.56. The zero-order valence-corrected chi connectivity index (χ0v) is 14.1. The molecule has 1 aromatic rings. The maximum absolute atomic E-state index is 3.64. The molecule has 2 nitrogen and oxygen atoms in total. The average molecular weight is 288 g/mol. The minimum absolute atomic E-state index is 0.503. The maximum Gasteiger partial charge on any atom is 0.0366 e. The Morgan fingerprint density at radius 3 is 2.57 bits per heavy atom. The predicted molar refractivity (Wildman–Crippen MR) is 93.0 cm³/mol. The Morgan fingerprint density at radius 1 is 1.14 bits per heavy atom. The molecule has 1 aliphatic rings. The number of hydrogen-bond donors (Lipinski definition) is 1. The van der Waals surface area contributed by atoms with E-state index in [0.29, 0.717) is 6.04 Å². The highest BCUT2D eigenvalue weighted by Gasteiger charge is 2.15. The van der Waals surface area contributed by atoms with Crippen LogP contribution in [0, 0.1) is 5.92 Å². The molecule has 2 atom stereocenters. The number of hydrogen-bond acceptors (Lipinski definition) is 2. The van der Waals surface area contributed by atoms with Crippen LogP contribution < -0.4 is 10.2 Å². The Labute approximate surface area is 130 Å². The molecule has 2 rings (SSSR count). The minimum atomic E-state index is 0.503. The molecule has 0 aromatic heterocycles. The summed E-state index contributed by atoms with van der Waals surface area (Å²) in [5, 5.41) is 3.64. The van der Waals surface area contributed by atoms with Gasteiger partial charge in [-0.3, -0.25) is 0 Å². The lowest BCUT2D eigenvalue weighted by molar-refractivity contribution is 0.518. The summed E-state index contributed by atoms with van der Waals surface area (Å²) in [5.41, 5.74) is 2.83. The van der Waals surface area contributed by atoms with Crippen LogP contribution in [0.4, 0.5) is 5.69 Å². The fourth-order valence-corrected chi connectivity index (χ4v) is 3.26. The van der Waals surface area contributed by atoms with E-state index in [1.54, 1.807) is 0 Å². The molecule has 2 unspecified atom stereocenters. The highest BCUT2D eigenvalue weighted by molar-refractivity contribution is 5.48. The summed E-state index contributed by atoms with van der Waals surface area (Å²) < 4.78 is 0. The summed E-state index contributed by atoms with van der Waals surface area (Å²) in [6.07, 6.45) is 6.39. The Morgan fingerprint density at radius 2 is 1.90 bits per heavy atom. The van der Waals surface area contributed by atoms with Crippen LogP contribution in [0.15, 0.2) is 24.3 Å². The predicted octanol–water partition coefficient (Wildman–Crippen LogP) is 4.76. The summed E-state index contributed by atoms with van der Waals surface area (Å²) >= 11 is 0. The highest BCUT2D eigenvalue weighted by Crippen LogP contribution is 2.25. The van der Waals surface area contributed by atoms with E-state index in [2.05, 4.69) is 55.3 Å². The highest BCUT2D eigenvalue weighted by atomic mass is 15.1. The third-order valence-corrected chi connectivity index (χ3v) is 4.73. The van der Waals surface area contributed by atoms with Gasteiger partial charge < -0.3 is 10.2 Å². The van der Waals surface area contributed by atoms with E-state index in [9.17, 15) is 0 Å². The summed E-state index contributed by atoms with van der Waals surface area (Å²) in [6, 6.07) is 9.78. The molecule has 118 valence electrons. The van der Waals surface area contributed by atoms with Gasteiger partial charge in [0.1, 0.15) is 0 Å². The molecule has 0 spiro atoms. The second kappa shape index (κ2) is 8.43. The zero-order valence-electron chi connectivity index (χ0n) is 14.1. The van der Waals surface area contributed by atoms with Gasteiger partial charge in [-0.1, -0.05) is 32.9 Å². The Bertz CT molecular complexity index is 399. The van der Waals surface area contributed by atoms with Crippen molar-refractivity contribution in [2.75, 3.05) is 24.5 Å². The van der Waals surface area contributed by atoms with Crippen molar-refractivity contribution in [3.05, 3.63) is 29.8 Å². The van der Waals surface area contributed by atoms with E-state index in [-0.39, 0.29) is 0 Å². The summed E-state index contributed by atoms with van der Waals surface area (Å²) in [4.78, 5) is 2.56. The summed E-state index contributed by atoms with van der Waals surface area (Å²) in [5.74, 6) is 0.886. The van der Waals surface area contributed by atoms with Gasteiger partial charge >= 0.3 is 0 Å². The molecule has 0 aliphatic carbocycles. The van der Waals surface area contributed by atoms with Crippen molar-refractivity contribution in [1.82, 2.24) is 5.32 Å². The standard InChI is InChI=1S/C19H32N2/c1-4-13-20-19(5-2)17-8-10-18(11-9-17)21-14-6-7-16(3)12-15-21/h8-11,16,19-20H,4-7,12-15H2,1-3H3. The molecule has 1 aliphatic heterocycles. The molecule has 1 heterocycles. The smallest absolute Gasteiger partial charge is 0.0366 e. The van der Waals surface area contributed by atoms with Crippen LogP contribution in [-0.4, -0.2) is 19.6 Å². The van der Waals surface area contributed by atoms with E-state index in [0.717, 1.165) is 18.9 Å². The number of rotatable bonds is 6. The van der Waals surface area contributed by atoms with Gasteiger partial charge in [-0.25, -0.2) is 0 Å². The van der Waals surface area contributed by atoms with Crippen molar-refractivity contribution in [3.63, 3.8) is 0 Å². The third-order valence-electron chi connectivity index (χ3n) is 4.73. The van der Waals surface area contributed by atoms with Gasteiger partial charge in [0.2, 0.25) is 0 Å². The molecule has 1 fully saturated rings. The SMILES string of the molecule is CCCNC(CC)c1ccc(N2CCCC(C)CC2)cc1. The Hall–Kier alpha value is -1.02. The van der Waals surface area contributed by atoms with Crippen LogP contribution in [0.3, 0.4) is 0 Å². The largest absolute Gasteiger partial charge is 0.372 e. The van der Waals surface area contributed by atoms with Gasteiger partial charge in [0.15, 0.2) is 0 Å². The molecule has 21 heavy (non-hydrogen) atoms. The molecule has 0 saturated carbocycles. The van der Waals surface area contributed by atoms with E-state index in [4.69, 9.17) is 0 Å². The van der Waals surface area contributed by atoms with Crippen LogP contribution in [0.2, 0.25) is 0 Å². The molecule has 0 amide bonds. The first-order valence-electron chi connectivity index (χ1n) is 8.82. The second-order valence-corrected chi connectivity index (χ2v) is 6.53.